The lowest BCUT2D eigenvalue weighted by Gasteiger charge is -2.25. The maximum Gasteiger partial charge on any atom is 0.312 e. The standard InChI is InChI=1S/C16H14O4/c1-19-12-5-2-10(3-6-12)14-9-16(18)20-15-8-11(17)4-7-13(14)15/h2-8,14,17H,9H2,1H3/t14-/m1/s1. The minimum Gasteiger partial charge on any atom is -0.508 e. The van der Waals surface area contributed by atoms with Crippen molar-refractivity contribution in [3.05, 3.63) is 53.6 Å². The Bertz CT molecular complexity index is 646. The van der Waals surface area contributed by atoms with Gasteiger partial charge in [-0.3, -0.25) is 4.79 Å². The van der Waals surface area contributed by atoms with E-state index >= 15 is 0 Å². The van der Waals surface area contributed by atoms with E-state index in [0.717, 1.165) is 16.9 Å². The molecule has 0 bridgehead atoms. The summed E-state index contributed by atoms with van der Waals surface area (Å²) >= 11 is 0. The summed E-state index contributed by atoms with van der Waals surface area (Å²) < 4.78 is 10.3. The van der Waals surface area contributed by atoms with Crippen LogP contribution in [0.15, 0.2) is 42.5 Å². The van der Waals surface area contributed by atoms with Crippen molar-refractivity contribution in [1.29, 1.82) is 0 Å². The number of rotatable bonds is 2. The number of fused-ring (bicyclic) bond motifs is 1. The molecule has 0 unspecified atom stereocenters. The maximum absolute atomic E-state index is 11.7. The summed E-state index contributed by atoms with van der Waals surface area (Å²) in [4.78, 5) is 11.7. The lowest BCUT2D eigenvalue weighted by Crippen LogP contribution is -2.20. The van der Waals surface area contributed by atoms with E-state index in [1.807, 2.05) is 24.3 Å². The summed E-state index contributed by atoms with van der Waals surface area (Å²) in [5.74, 6) is 0.953. The number of ether oxygens (including phenoxy) is 2. The quantitative estimate of drug-likeness (QED) is 0.673. The minimum atomic E-state index is -0.288. The van der Waals surface area contributed by atoms with Gasteiger partial charge in [0.15, 0.2) is 0 Å². The van der Waals surface area contributed by atoms with Crippen LogP contribution in [0, 0.1) is 0 Å². The van der Waals surface area contributed by atoms with Gasteiger partial charge in [0.05, 0.1) is 13.5 Å². The van der Waals surface area contributed by atoms with E-state index in [0.29, 0.717) is 12.2 Å². The van der Waals surface area contributed by atoms with Crippen molar-refractivity contribution >= 4 is 5.97 Å². The molecule has 3 rings (SSSR count). The third-order valence-electron chi connectivity index (χ3n) is 3.49. The van der Waals surface area contributed by atoms with Crippen molar-refractivity contribution in [3.8, 4) is 17.2 Å². The number of carbonyl (C=O) groups is 1. The summed E-state index contributed by atoms with van der Waals surface area (Å²) in [5, 5.41) is 9.49. The van der Waals surface area contributed by atoms with Gasteiger partial charge in [-0.1, -0.05) is 18.2 Å². The first-order chi connectivity index (χ1) is 9.67. The number of phenolic OH excluding ortho intramolecular Hbond substituents is 1. The van der Waals surface area contributed by atoms with Crippen molar-refractivity contribution in [2.24, 2.45) is 0 Å². The zero-order valence-corrected chi connectivity index (χ0v) is 11.0. The topological polar surface area (TPSA) is 55.8 Å². The number of methoxy groups -OCH3 is 1. The van der Waals surface area contributed by atoms with E-state index < -0.39 is 0 Å². The molecule has 2 aromatic rings. The Kier molecular flexibility index (Phi) is 3.06. The van der Waals surface area contributed by atoms with Crippen LogP contribution in [0.2, 0.25) is 0 Å². The number of esters is 1. The predicted molar refractivity (Wildman–Crippen MR) is 73.2 cm³/mol. The van der Waals surface area contributed by atoms with Gasteiger partial charge in [0.2, 0.25) is 0 Å². The normalized spacial score (nSPS) is 17.2. The van der Waals surface area contributed by atoms with Gasteiger partial charge in [0, 0.05) is 17.5 Å². The first-order valence-electron chi connectivity index (χ1n) is 6.35. The van der Waals surface area contributed by atoms with E-state index in [1.54, 1.807) is 19.2 Å². The highest BCUT2D eigenvalue weighted by atomic mass is 16.5. The van der Waals surface area contributed by atoms with Gasteiger partial charge in [0.1, 0.15) is 17.2 Å². The number of carbonyl (C=O) groups excluding carboxylic acids is 1. The number of benzene rings is 2. The fraction of sp³-hybridized carbons (Fsp3) is 0.188. The molecular formula is C16H14O4. The van der Waals surface area contributed by atoms with Gasteiger partial charge in [-0.2, -0.15) is 0 Å². The van der Waals surface area contributed by atoms with Crippen molar-refractivity contribution in [3.63, 3.8) is 0 Å². The molecule has 102 valence electrons. The fourth-order valence-corrected chi connectivity index (χ4v) is 2.47. The average Bonchev–Trinajstić information content (AvgIpc) is 2.46. The Morgan fingerprint density at radius 2 is 1.95 bits per heavy atom. The molecule has 0 saturated heterocycles. The van der Waals surface area contributed by atoms with Crippen LogP contribution in [0.4, 0.5) is 0 Å². The molecule has 1 aliphatic rings. The largest absolute Gasteiger partial charge is 0.508 e. The van der Waals surface area contributed by atoms with Crippen LogP contribution in [0.1, 0.15) is 23.5 Å². The van der Waals surface area contributed by atoms with Gasteiger partial charge < -0.3 is 14.6 Å². The smallest absolute Gasteiger partial charge is 0.312 e. The lowest BCUT2D eigenvalue weighted by molar-refractivity contribution is -0.135. The van der Waals surface area contributed by atoms with Gasteiger partial charge >= 0.3 is 5.97 Å². The van der Waals surface area contributed by atoms with Crippen LogP contribution in [0.25, 0.3) is 0 Å². The van der Waals surface area contributed by atoms with Gasteiger partial charge in [-0.25, -0.2) is 0 Å². The van der Waals surface area contributed by atoms with Crippen LogP contribution < -0.4 is 9.47 Å². The molecule has 0 aliphatic carbocycles. The van der Waals surface area contributed by atoms with Crippen LogP contribution in [-0.2, 0) is 4.79 Å². The first-order valence-corrected chi connectivity index (χ1v) is 6.35. The SMILES string of the molecule is COc1ccc([C@H]2CC(=O)Oc3cc(O)ccc32)cc1. The molecule has 20 heavy (non-hydrogen) atoms. The molecule has 0 saturated carbocycles. The molecule has 0 aromatic heterocycles. The molecular weight excluding hydrogens is 256 g/mol. The lowest BCUT2D eigenvalue weighted by atomic mass is 9.86. The van der Waals surface area contributed by atoms with Crippen molar-refractivity contribution in [2.75, 3.05) is 7.11 Å². The van der Waals surface area contributed by atoms with Crippen molar-refractivity contribution in [2.45, 2.75) is 12.3 Å². The number of aromatic hydroxyl groups is 1. The first kappa shape index (κ1) is 12.5. The molecule has 4 heteroatoms. The Hall–Kier alpha value is -2.49. The molecule has 0 spiro atoms. The monoisotopic (exact) mass is 270 g/mol. The Labute approximate surface area is 116 Å². The zero-order valence-electron chi connectivity index (χ0n) is 11.0. The second kappa shape index (κ2) is 4.89. The van der Waals surface area contributed by atoms with Crippen molar-refractivity contribution < 1.29 is 19.4 Å². The second-order valence-electron chi connectivity index (χ2n) is 4.73. The Balaban J connectivity index is 2.03. The highest BCUT2D eigenvalue weighted by Gasteiger charge is 2.28. The predicted octanol–water partition coefficient (Wildman–Crippen LogP) is 2.84. The number of hydrogen-bond acceptors (Lipinski definition) is 4. The van der Waals surface area contributed by atoms with E-state index in [4.69, 9.17) is 9.47 Å². The molecule has 1 atom stereocenters. The highest BCUT2D eigenvalue weighted by Crippen LogP contribution is 2.40. The third-order valence-corrected chi connectivity index (χ3v) is 3.49. The fourth-order valence-electron chi connectivity index (χ4n) is 2.47. The molecule has 1 N–H and O–H groups in total. The molecule has 1 aliphatic heterocycles. The van der Waals surface area contributed by atoms with Crippen LogP contribution in [0.3, 0.4) is 0 Å². The molecule has 0 amide bonds. The van der Waals surface area contributed by atoms with Gasteiger partial charge in [-0.15, -0.1) is 0 Å². The van der Waals surface area contributed by atoms with E-state index in [1.165, 1.54) is 6.07 Å². The summed E-state index contributed by atoms with van der Waals surface area (Å²) in [6.45, 7) is 0. The summed E-state index contributed by atoms with van der Waals surface area (Å²) in [7, 11) is 1.62. The van der Waals surface area contributed by atoms with Crippen LogP contribution in [-0.4, -0.2) is 18.2 Å². The van der Waals surface area contributed by atoms with Gasteiger partial charge in [0.25, 0.3) is 0 Å². The van der Waals surface area contributed by atoms with E-state index in [9.17, 15) is 9.90 Å². The average molecular weight is 270 g/mol. The summed E-state index contributed by atoms with van der Waals surface area (Å²) in [6, 6.07) is 12.5. The maximum atomic E-state index is 11.7. The highest BCUT2D eigenvalue weighted by molar-refractivity contribution is 5.78. The van der Waals surface area contributed by atoms with Crippen LogP contribution in [0.5, 0.6) is 17.2 Å². The molecule has 2 aromatic carbocycles. The van der Waals surface area contributed by atoms with E-state index in [2.05, 4.69) is 0 Å². The number of hydrogen-bond donors (Lipinski definition) is 1. The molecule has 4 nitrogen and oxygen atoms in total. The summed E-state index contributed by atoms with van der Waals surface area (Å²) in [6.07, 6.45) is 0.296. The Morgan fingerprint density at radius 3 is 2.65 bits per heavy atom. The molecule has 1 heterocycles. The minimum absolute atomic E-state index is 0.0576. The third kappa shape index (κ3) is 2.20. The number of phenols is 1. The van der Waals surface area contributed by atoms with Gasteiger partial charge in [-0.05, 0) is 23.8 Å². The zero-order chi connectivity index (χ0) is 14.1. The second-order valence-corrected chi connectivity index (χ2v) is 4.73. The molecule has 0 radical (unpaired) electrons. The van der Waals surface area contributed by atoms with Crippen molar-refractivity contribution in [1.82, 2.24) is 0 Å². The molecule has 0 fully saturated rings. The Morgan fingerprint density at radius 1 is 1.20 bits per heavy atom. The van der Waals surface area contributed by atoms with Crippen LogP contribution >= 0.6 is 0 Å². The summed E-state index contributed by atoms with van der Waals surface area (Å²) in [5.41, 5.74) is 1.93. The van der Waals surface area contributed by atoms with E-state index in [-0.39, 0.29) is 17.6 Å².